The average molecular weight is 380 g/mol. The second kappa shape index (κ2) is 7.67. The number of rotatable bonds is 4. The van der Waals surface area contributed by atoms with Crippen LogP contribution in [0.2, 0.25) is 0 Å². The summed E-state index contributed by atoms with van der Waals surface area (Å²) in [5, 5.41) is 13.8. The molecule has 28 heavy (non-hydrogen) atoms. The van der Waals surface area contributed by atoms with Crippen LogP contribution in [0.4, 0.5) is 10.5 Å². The van der Waals surface area contributed by atoms with Crippen LogP contribution in [0, 0.1) is 10.1 Å². The summed E-state index contributed by atoms with van der Waals surface area (Å²) < 4.78 is 5.28. The van der Waals surface area contributed by atoms with Crippen LogP contribution in [0.15, 0.2) is 48.5 Å². The zero-order chi connectivity index (χ0) is 19.5. The molecule has 0 radical (unpaired) electrons. The Hall–Kier alpha value is -3.42. The van der Waals surface area contributed by atoms with Crippen molar-refractivity contribution in [2.45, 2.75) is 37.6 Å². The summed E-state index contributed by atoms with van der Waals surface area (Å²) in [7, 11) is 0. The number of benzene rings is 2. The molecule has 4 rings (SSSR count). The molecule has 1 aliphatic rings. The summed E-state index contributed by atoms with van der Waals surface area (Å²) in [5.74, 6) is 1.61. The SMILES string of the molecule is O=C(NC1CCC(c2nc3ccc([N+](=O)[O-])cc3[nH]2)CC1)Oc1ccccc1. The van der Waals surface area contributed by atoms with E-state index >= 15 is 0 Å². The zero-order valence-electron chi connectivity index (χ0n) is 15.1. The summed E-state index contributed by atoms with van der Waals surface area (Å²) in [6, 6.07) is 13.7. The highest BCUT2D eigenvalue weighted by Gasteiger charge is 2.26. The number of hydrogen-bond acceptors (Lipinski definition) is 5. The van der Waals surface area contributed by atoms with Crippen molar-refractivity contribution in [2.75, 3.05) is 0 Å². The van der Waals surface area contributed by atoms with Gasteiger partial charge < -0.3 is 15.0 Å². The first-order valence-corrected chi connectivity index (χ1v) is 9.26. The van der Waals surface area contributed by atoms with E-state index in [0.29, 0.717) is 11.3 Å². The fourth-order valence-electron chi connectivity index (χ4n) is 3.63. The van der Waals surface area contributed by atoms with Crippen LogP contribution in [0.1, 0.15) is 37.4 Å². The predicted octanol–water partition coefficient (Wildman–Crippen LogP) is 4.29. The molecule has 0 unspecified atom stereocenters. The zero-order valence-corrected chi connectivity index (χ0v) is 15.1. The van der Waals surface area contributed by atoms with Crippen molar-refractivity contribution in [3.05, 3.63) is 64.5 Å². The van der Waals surface area contributed by atoms with Gasteiger partial charge in [-0.1, -0.05) is 18.2 Å². The van der Waals surface area contributed by atoms with Crippen molar-refractivity contribution in [1.29, 1.82) is 0 Å². The van der Waals surface area contributed by atoms with Crippen LogP contribution in [0.3, 0.4) is 0 Å². The van der Waals surface area contributed by atoms with Crippen LogP contribution in [-0.4, -0.2) is 27.0 Å². The number of hydrogen-bond donors (Lipinski definition) is 2. The molecule has 8 nitrogen and oxygen atoms in total. The Bertz CT molecular complexity index is 994. The number of aromatic amines is 1. The van der Waals surface area contributed by atoms with E-state index in [1.165, 1.54) is 12.1 Å². The average Bonchev–Trinajstić information content (AvgIpc) is 3.12. The maximum absolute atomic E-state index is 12.0. The van der Waals surface area contributed by atoms with Crippen LogP contribution >= 0.6 is 0 Å². The van der Waals surface area contributed by atoms with E-state index in [-0.39, 0.29) is 17.6 Å². The molecule has 0 atom stereocenters. The Morgan fingerprint density at radius 1 is 1.14 bits per heavy atom. The number of nitro groups is 1. The molecule has 1 saturated carbocycles. The molecule has 0 spiro atoms. The third kappa shape index (κ3) is 3.95. The largest absolute Gasteiger partial charge is 0.412 e. The quantitative estimate of drug-likeness (QED) is 0.518. The van der Waals surface area contributed by atoms with Crippen LogP contribution in [0.5, 0.6) is 5.75 Å². The first kappa shape index (κ1) is 18.0. The van der Waals surface area contributed by atoms with Crippen molar-refractivity contribution in [2.24, 2.45) is 0 Å². The second-order valence-electron chi connectivity index (χ2n) is 6.98. The van der Waals surface area contributed by atoms with Gasteiger partial charge in [-0.05, 0) is 43.9 Å². The molecule has 1 aromatic heterocycles. The predicted molar refractivity (Wildman–Crippen MR) is 103 cm³/mol. The maximum atomic E-state index is 12.0. The van der Waals surface area contributed by atoms with Gasteiger partial charge in [0.25, 0.3) is 5.69 Å². The van der Waals surface area contributed by atoms with Gasteiger partial charge in [-0.25, -0.2) is 9.78 Å². The van der Waals surface area contributed by atoms with E-state index < -0.39 is 11.0 Å². The summed E-state index contributed by atoms with van der Waals surface area (Å²) in [4.78, 5) is 30.3. The van der Waals surface area contributed by atoms with E-state index in [9.17, 15) is 14.9 Å². The molecule has 0 aliphatic heterocycles. The first-order valence-electron chi connectivity index (χ1n) is 9.26. The highest BCUT2D eigenvalue weighted by molar-refractivity contribution is 5.77. The molecule has 8 heteroatoms. The van der Waals surface area contributed by atoms with Crippen molar-refractivity contribution in [3.8, 4) is 5.75 Å². The van der Waals surface area contributed by atoms with Gasteiger partial charge in [-0.2, -0.15) is 0 Å². The third-order valence-corrected chi connectivity index (χ3v) is 5.08. The van der Waals surface area contributed by atoms with E-state index in [2.05, 4.69) is 15.3 Å². The molecular weight excluding hydrogens is 360 g/mol. The third-order valence-electron chi connectivity index (χ3n) is 5.08. The van der Waals surface area contributed by atoms with Crippen LogP contribution in [0.25, 0.3) is 11.0 Å². The lowest BCUT2D eigenvalue weighted by Crippen LogP contribution is -2.39. The Kier molecular flexibility index (Phi) is 4.92. The van der Waals surface area contributed by atoms with E-state index in [1.807, 2.05) is 18.2 Å². The Morgan fingerprint density at radius 2 is 1.89 bits per heavy atom. The monoisotopic (exact) mass is 380 g/mol. The van der Waals surface area contributed by atoms with Crippen molar-refractivity contribution >= 4 is 22.8 Å². The van der Waals surface area contributed by atoms with Gasteiger partial charge in [0.05, 0.1) is 16.0 Å². The number of nitrogens with one attached hydrogen (secondary N) is 2. The minimum absolute atomic E-state index is 0.0486. The highest BCUT2D eigenvalue weighted by Crippen LogP contribution is 2.33. The van der Waals surface area contributed by atoms with Gasteiger partial charge in [0.1, 0.15) is 11.6 Å². The number of fused-ring (bicyclic) bond motifs is 1. The molecule has 3 aromatic rings. The smallest absolute Gasteiger partial charge is 0.410 e. The summed E-state index contributed by atoms with van der Waals surface area (Å²) in [5.41, 5.74) is 1.45. The number of ether oxygens (including phenoxy) is 1. The standard InChI is InChI=1S/C20H20N4O4/c25-20(28-16-4-2-1-3-5-16)21-14-8-6-13(7-9-14)19-22-17-11-10-15(24(26)27)12-18(17)23-19/h1-5,10-14H,6-9H2,(H,21,25)(H,22,23). The van der Waals surface area contributed by atoms with Crippen LogP contribution < -0.4 is 10.1 Å². The number of non-ortho nitro benzene ring substituents is 1. The Morgan fingerprint density at radius 3 is 2.61 bits per heavy atom. The van der Waals surface area contributed by atoms with Gasteiger partial charge >= 0.3 is 6.09 Å². The fourth-order valence-corrected chi connectivity index (χ4v) is 3.63. The lowest BCUT2D eigenvalue weighted by Gasteiger charge is -2.27. The molecule has 1 fully saturated rings. The van der Waals surface area contributed by atoms with Gasteiger partial charge in [0.15, 0.2) is 0 Å². The summed E-state index contributed by atoms with van der Waals surface area (Å²) >= 11 is 0. The summed E-state index contributed by atoms with van der Waals surface area (Å²) in [6.07, 6.45) is 2.96. The van der Waals surface area contributed by atoms with Crippen molar-refractivity contribution in [1.82, 2.24) is 15.3 Å². The molecule has 0 bridgehead atoms. The molecule has 1 amide bonds. The summed E-state index contributed by atoms with van der Waals surface area (Å²) in [6.45, 7) is 0. The minimum atomic E-state index is -0.439. The van der Waals surface area contributed by atoms with E-state index in [1.54, 1.807) is 18.2 Å². The van der Waals surface area contributed by atoms with E-state index in [4.69, 9.17) is 4.74 Å². The van der Waals surface area contributed by atoms with Gasteiger partial charge in [0.2, 0.25) is 0 Å². The first-order chi connectivity index (χ1) is 13.6. The molecule has 2 aromatic carbocycles. The van der Waals surface area contributed by atoms with Crippen molar-refractivity contribution in [3.63, 3.8) is 0 Å². The number of nitrogens with zero attached hydrogens (tertiary/aromatic N) is 2. The van der Waals surface area contributed by atoms with Gasteiger partial charge in [-0.3, -0.25) is 10.1 Å². The number of H-pyrrole nitrogens is 1. The molecule has 1 aliphatic carbocycles. The van der Waals surface area contributed by atoms with Crippen molar-refractivity contribution < 1.29 is 14.5 Å². The maximum Gasteiger partial charge on any atom is 0.412 e. The number of aromatic nitrogens is 2. The number of carbonyl (C=O) groups is 1. The highest BCUT2D eigenvalue weighted by atomic mass is 16.6. The number of para-hydroxylation sites is 1. The molecular formula is C20H20N4O4. The topological polar surface area (TPSA) is 110 Å². The van der Waals surface area contributed by atoms with Crippen LogP contribution in [-0.2, 0) is 0 Å². The minimum Gasteiger partial charge on any atom is -0.410 e. The lowest BCUT2D eigenvalue weighted by atomic mass is 9.85. The van der Waals surface area contributed by atoms with Gasteiger partial charge in [-0.15, -0.1) is 0 Å². The molecule has 0 saturated heterocycles. The normalized spacial score (nSPS) is 19.3. The Balaban J connectivity index is 1.34. The van der Waals surface area contributed by atoms with Gasteiger partial charge in [0, 0.05) is 24.1 Å². The van der Waals surface area contributed by atoms with E-state index in [0.717, 1.165) is 37.0 Å². The molecule has 144 valence electrons. The Labute approximate surface area is 161 Å². The number of carbonyl (C=O) groups excluding carboxylic acids is 1. The molecule has 2 N–H and O–H groups in total. The second-order valence-corrected chi connectivity index (χ2v) is 6.98. The number of imidazole rings is 1. The lowest BCUT2D eigenvalue weighted by molar-refractivity contribution is -0.384. The number of amides is 1. The number of nitro benzene ring substituents is 1. The fraction of sp³-hybridized carbons (Fsp3) is 0.300. The molecule has 1 heterocycles.